The molecule has 8 atom stereocenters. The predicted molar refractivity (Wildman–Crippen MR) is 106 cm³/mol. The molecule has 0 aliphatic heterocycles. The van der Waals surface area contributed by atoms with Crippen molar-refractivity contribution in [1.29, 1.82) is 0 Å². The van der Waals surface area contributed by atoms with Crippen molar-refractivity contribution >= 4 is 31.9 Å². The van der Waals surface area contributed by atoms with Crippen LogP contribution in [0.3, 0.4) is 0 Å². The second kappa shape index (κ2) is 7.68. The molecule has 4 saturated carbocycles. The van der Waals surface area contributed by atoms with E-state index in [9.17, 15) is 0 Å². The van der Waals surface area contributed by atoms with Crippen LogP contribution in [-0.2, 0) is 0 Å². The summed E-state index contributed by atoms with van der Waals surface area (Å²) in [6.07, 6.45) is 19.6. The number of alkyl halides is 2. The van der Waals surface area contributed by atoms with Gasteiger partial charge in [0.25, 0.3) is 0 Å². The normalized spacial score (nSPS) is 50.9. The molecule has 0 heterocycles. The van der Waals surface area contributed by atoms with Crippen LogP contribution in [0.1, 0.15) is 83.5 Å². The second-order valence-electron chi connectivity index (χ2n) is 9.17. The van der Waals surface area contributed by atoms with Crippen molar-refractivity contribution < 1.29 is 0 Å². The summed E-state index contributed by atoms with van der Waals surface area (Å²) >= 11 is 8.08. The van der Waals surface area contributed by atoms with E-state index in [1.807, 2.05) is 0 Å². The van der Waals surface area contributed by atoms with Gasteiger partial charge in [-0.15, -0.1) is 0 Å². The van der Waals surface area contributed by atoms with E-state index >= 15 is 0 Å². The van der Waals surface area contributed by atoms with Gasteiger partial charge in [-0.05, 0) is 93.3 Å². The molecule has 4 rings (SSSR count). The van der Waals surface area contributed by atoms with E-state index in [1.165, 1.54) is 64.2 Å². The van der Waals surface area contributed by atoms with Crippen molar-refractivity contribution in [3.8, 4) is 0 Å². The lowest BCUT2D eigenvalue weighted by atomic mass is 9.59. The van der Waals surface area contributed by atoms with Gasteiger partial charge in [-0.3, -0.25) is 0 Å². The first-order valence-corrected chi connectivity index (χ1v) is 12.4. The summed E-state index contributed by atoms with van der Waals surface area (Å²) < 4.78 is 0. The first kappa shape index (κ1) is 17.4. The molecule has 0 aromatic rings. The largest absolute Gasteiger partial charge is 0.0888 e. The van der Waals surface area contributed by atoms with Gasteiger partial charge in [0.2, 0.25) is 0 Å². The molecule has 0 radical (unpaired) electrons. The molecule has 0 spiro atoms. The van der Waals surface area contributed by atoms with Gasteiger partial charge < -0.3 is 0 Å². The van der Waals surface area contributed by atoms with Gasteiger partial charge in [-0.1, -0.05) is 57.5 Å². The van der Waals surface area contributed by atoms with E-state index in [2.05, 4.69) is 31.9 Å². The van der Waals surface area contributed by atoms with Crippen LogP contribution in [0.25, 0.3) is 0 Å². The Morgan fingerprint density at radius 2 is 0.870 bits per heavy atom. The van der Waals surface area contributed by atoms with Crippen LogP contribution in [0.4, 0.5) is 0 Å². The van der Waals surface area contributed by atoms with Crippen molar-refractivity contribution in [2.24, 2.45) is 35.5 Å². The van der Waals surface area contributed by atoms with Gasteiger partial charge in [-0.25, -0.2) is 0 Å². The van der Waals surface area contributed by atoms with Crippen molar-refractivity contribution in [2.45, 2.75) is 93.1 Å². The second-order valence-corrected chi connectivity index (χ2v) is 11.5. The third-order valence-electron chi connectivity index (χ3n) is 8.12. The molecule has 23 heavy (non-hydrogen) atoms. The molecule has 0 aromatic carbocycles. The van der Waals surface area contributed by atoms with Gasteiger partial charge in [0.15, 0.2) is 0 Å². The minimum atomic E-state index is 0.838. The number of hydrogen-bond acceptors (Lipinski definition) is 0. The van der Waals surface area contributed by atoms with E-state index in [-0.39, 0.29) is 0 Å². The number of halogens is 2. The smallest absolute Gasteiger partial charge is 0.0176 e. The molecular weight excluding hydrogens is 412 g/mol. The maximum absolute atomic E-state index is 4.04. The van der Waals surface area contributed by atoms with E-state index in [0.717, 1.165) is 45.2 Å². The van der Waals surface area contributed by atoms with Crippen LogP contribution in [0.2, 0.25) is 0 Å². The fraction of sp³-hybridized carbons (Fsp3) is 1.00. The Morgan fingerprint density at radius 1 is 0.478 bits per heavy atom. The van der Waals surface area contributed by atoms with E-state index in [1.54, 1.807) is 19.3 Å². The van der Waals surface area contributed by atoms with E-state index < -0.39 is 0 Å². The summed E-state index contributed by atoms with van der Waals surface area (Å²) in [6.45, 7) is 0. The monoisotopic (exact) mass is 444 g/mol. The third kappa shape index (κ3) is 3.60. The lowest BCUT2D eigenvalue weighted by molar-refractivity contribution is 0.0467. The molecule has 4 aliphatic carbocycles. The maximum atomic E-state index is 4.04. The SMILES string of the molecule is BrC1CCC(CC2CCC(Br)C3CCCCC23)C2CCCCC12. The Kier molecular flexibility index (Phi) is 5.81. The van der Waals surface area contributed by atoms with Crippen LogP contribution in [0.15, 0.2) is 0 Å². The van der Waals surface area contributed by atoms with Crippen LogP contribution >= 0.6 is 31.9 Å². The van der Waals surface area contributed by atoms with Crippen molar-refractivity contribution in [1.82, 2.24) is 0 Å². The predicted octanol–water partition coefficient (Wildman–Crippen LogP) is 7.34. The highest BCUT2D eigenvalue weighted by molar-refractivity contribution is 9.09. The highest BCUT2D eigenvalue weighted by Gasteiger charge is 2.44. The van der Waals surface area contributed by atoms with E-state index in [4.69, 9.17) is 0 Å². The quantitative estimate of drug-likeness (QED) is 0.390. The lowest BCUT2D eigenvalue weighted by Crippen LogP contribution is -2.42. The fourth-order valence-corrected chi connectivity index (χ4v) is 8.86. The third-order valence-corrected chi connectivity index (χ3v) is 10.4. The average Bonchev–Trinajstić information content (AvgIpc) is 2.60. The van der Waals surface area contributed by atoms with Crippen LogP contribution in [0, 0.1) is 35.5 Å². The minimum Gasteiger partial charge on any atom is -0.0888 e. The molecular formula is C21H34Br2. The lowest BCUT2D eigenvalue weighted by Gasteiger charge is -2.49. The van der Waals surface area contributed by atoms with Crippen molar-refractivity contribution in [3.63, 3.8) is 0 Å². The van der Waals surface area contributed by atoms with E-state index in [0.29, 0.717) is 0 Å². The molecule has 8 unspecified atom stereocenters. The molecule has 0 bridgehead atoms. The molecule has 132 valence electrons. The number of rotatable bonds is 2. The van der Waals surface area contributed by atoms with Gasteiger partial charge in [0, 0.05) is 9.65 Å². The summed E-state index contributed by atoms with van der Waals surface area (Å²) in [5.41, 5.74) is 0. The van der Waals surface area contributed by atoms with Gasteiger partial charge >= 0.3 is 0 Å². The Balaban J connectivity index is 1.44. The zero-order valence-corrected chi connectivity index (χ0v) is 17.7. The summed E-state index contributed by atoms with van der Waals surface area (Å²) in [5.74, 6) is 6.27. The fourth-order valence-electron chi connectivity index (χ4n) is 7.02. The van der Waals surface area contributed by atoms with Crippen LogP contribution in [-0.4, -0.2) is 9.65 Å². The first-order valence-electron chi connectivity index (χ1n) is 10.5. The molecule has 0 saturated heterocycles. The molecule has 4 aliphatic rings. The Bertz CT molecular complexity index is 359. The molecule has 4 fully saturated rings. The van der Waals surface area contributed by atoms with Gasteiger partial charge in [-0.2, -0.15) is 0 Å². The summed E-state index contributed by atoms with van der Waals surface area (Å²) in [4.78, 5) is 1.68. The minimum absolute atomic E-state index is 0.838. The summed E-state index contributed by atoms with van der Waals surface area (Å²) in [6, 6.07) is 0. The first-order chi connectivity index (χ1) is 11.2. The summed E-state index contributed by atoms with van der Waals surface area (Å²) in [5, 5.41) is 0. The summed E-state index contributed by atoms with van der Waals surface area (Å²) in [7, 11) is 0. The number of hydrogen-bond donors (Lipinski definition) is 0. The Labute approximate surface area is 160 Å². The van der Waals surface area contributed by atoms with Crippen LogP contribution in [0.5, 0.6) is 0 Å². The Morgan fingerprint density at radius 3 is 1.30 bits per heavy atom. The molecule has 0 N–H and O–H groups in total. The van der Waals surface area contributed by atoms with Crippen molar-refractivity contribution in [3.05, 3.63) is 0 Å². The van der Waals surface area contributed by atoms with Gasteiger partial charge in [0.1, 0.15) is 0 Å². The Hall–Kier alpha value is 0.960. The van der Waals surface area contributed by atoms with Crippen LogP contribution < -0.4 is 0 Å². The molecule has 0 aromatic heterocycles. The molecule has 2 heteroatoms. The molecule has 0 nitrogen and oxygen atoms in total. The highest BCUT2D eigenvalue weighted by atomic mass is 79.9. The van der Waals surface area contributed by atoms with Crippen molar-refractivity contribution in [2.75, 3.05) is 0 Å². The zero-order valence-electron chi connectivity index (χ0n) is 14.6. The standard InChI is InChI=1S/C21H34Br2/c22-20-11-9-14(16-5-1-3-7-18(16)20)13-15-10-12-21(23)19-8-4-2-6-17(15)19/h14-21H,1-13H2. The maximum Gasteiger partial charge on any atom is 0.0176 e. The topological polar surface area (TPSA) is 0 Å². The average molecular weight is 446 g/mol. The zero-order chi connectivity index (χ0) is 15.8. The highest BCUT2D eigenvalue weighted by Crippen LogP contribution is 2.53. The molecule has 0 amide bonds. The number of fused-ring (bicyclic) bond motifs is 2. The van der Waals surface area contributed by atoms with Gasteiger partial charge in [0.05, 0.1) is 0 Å².